The molecule has 1 fully saturated rings. The summed E-state index contributed by atoms with van der Waals surface area (Å²) in [6, 6.07) is 25.7. The average molecular weight is 477 g/mol. The highest BCUT2D eigenvalue weighted by molar-refractivity contribution is 5.94. The number of nitrogen functional groups attached to an aromatic ring is 1. The van der Waals surface area contributed by atoms with Crippen LogP contribution in [0.5, 0.6) is 0 Å². The second-order valence-electron chi connectivity index (χ2n) is 8.36. The van der Waals surface area contributed by atoms with Crippen molar-refractivity contribution in [2.45, 2.75) is 12.8 Å². The SMILES string of the molecule is Cl.Cl.Nc1ccc(/C=C/CN2CCC(=C3c4ccccc4C=Cc4ccccc43)CC2)cc1. The second kappa shape index (κ2) is 11.4. The Balaban J connectivity index is 0.00000153. The number of benzene rings is 3. The Morgan fingerprint density at radius 1 is 0.727 bits per heavy atom. The molecule has 0 amide bonds. The normalized spacial score (nSPS) is 15.3. The molecule has 1 aliphatic carbocycles. The quantitative estimate of drug-likeness (QED) is 0.316. The monoisotopic (exact) mass is 476 g/mol. The standard InChI is InChI=1S/C29H28N2.2ClH/c30-26-15-11-22(12-16-26)6-5-19-31-20-17-25(18-21-31)29-27-9-3-1-7-23(27)13-14-24-8-2-4-10-28(24)29;;/h1-16H,17-21,30H2;2*1H/b6-5+;;. The third-order valence-corrected chi connectivity index (χ3v) is 6.33. The number of piperidine rings is 1. The van der Waals surface area contributed by atoms with Gasteiger partial charge < -0.3 is 5.73 Å². The zero-order valence-electron chi connectivity index (χ0n) is 18.6. The van der Waals surface area contributed by atoms with Gasteiger partial charge in [-0.1, -0.05) is 90.5 Å². The summed E-state index contributed by atoms with van der Waals surface area (Å²) in [5, 5.41) is 0. The molecule has 3 aromatic rings. The van der Waals surface area contributed by atoms with E-state index in [1.165, 1.54) is 33.4 Å². The number of nitrogens with two attached hydrogens (primary N) is 1. The minimum Gasteiger partial charge on any atom is -0.399 e. The highest BCUT2D eigenvalue weighted by atomic mass is 35.5. The minimum absolute atomic E-state index is 0. The first-order chi connectivity index (χ1) is 15.3. The fourth-order valence-corrected chi connectivity index (χ4v) is 4.65. The predicted molar refractivity (Wildman–Crippen MR) is 148 cm³/mol. The first-order valence-corrected chi connectivity index (χ1v) is 11.1. The van der Waals surface area contributed by atoms with Gasteiger partial charge in [0.25, 0.3) is 0 Å². The number of nitrogens with zero attached hydrogens (tertiary/aromatic N) is 1. The molecule has 1 aliphatic heterocycles. The van der Waals surface area contributed by atoms with Gasteiger partial charge in [-0.15, -0.1) is 24.8 Å². The molecule has 1 heterocycles. The molecule has 0 aromatic heterocycles. The average Bonchev–Trinajstić information content (AvgIpc) is 2.98. The van der Waals surface area contributed by atoms with Crippen LogP contribution in [0.2, 0.25) is 0 Å². The summed E-state index contributed by atoms with van der Waals surface area (Å²) in [5.74, 6) is 0. The van der Waals surface area contributed by atoms with Crippen molar-refractivity contribution in [1.29, 1.82) is 0 Å². The highest BCUT2D eigenvalue weighted by Crippen LogP contribution is 2.38. The van der Waals surface area contributed by atoms with Crippen molar-refractivity contribution < 1.29 is 0 Å². The van der Waals surface area contributed by atoms with Gasteiger partial charge in [0.1, 0.15) is 0 Å². The lowest BCUT2D eigenvalue weighted by Crippen LogP contribution is -2.31. The van der Waals surface area contributed by atoms with Crippen molar-refractivity contribution in [3.8, 4) is 0 Å². The van der Waals surface area contributed by atoms with Gasteiger partial charge in [0.2, 0.25) is 0 Å². The minimum atomic E-state index is 0. The molecule has 170 valence electrons. The molecule has 33 heavy (non-hydrogen) atoms. The van der Waals surface area contributed by atoms with E-state index in [0.717, 1.165) is 38.2 Å². The topological polar surface area (TPSA) is 29.3 Å². The lowest BCUT2D eigenvalue weighted by atomic mass is 9.86. The molecule has 5 rings (SSSR count). The highest BCUT2D eigenvalue weighted by Gasteiger charge is 2.21. The van der Waals surface area contributed by atoms with Crippen molar-refractivity contribution in [1.82, 2.24) is 4.90 Å². The fourth-order valence-electron chi connectivity index (χ4n) is 4.65. The molecule has 3 aromatic carbocycles. The number of hydrogen-bond donors (Lipinski definition) is 1. The molecule has 0 spiro atoms. The van der Waals surface area contributed by atoms with E-state index in [9.17, 15) is 0 Å². The third-order valence-electron chi connectivity index (χ3n) is 6.33. The lowest BCUT2D eigenvalue weighted by Gasteiger charge is -2.29. The molecule has 0 radical (unpaired) electrons. The van der Waals surface area contributed by atoms with Crippen molar-refractivity contribution in [2.75, 3.05) is 25.4 Å². The van der Waals surface area contributed by atoms with Crippen LogP contribution in [-0.4, -0.2) is 24.5 Å². The summed E-state index contributed by atoms with van der Waals surface area (Å²) in [5.41, 5.74) is 16.2. The molecule has 1 saturated heterocycles. The number of rotatable bonds is 3. The number of fused-ring (bicyclic) bond motifs is 2. The summed E-state index contributed by atoms with van der Waals surface area (Å²) < 4.78 is 0. The molecule has 0 atom stereocenters. The first kappa shape index (κ1) is 24.9. The Kier molecular flexibility index (Phi) is 8.57. The third kappa shape index (κ3) is 5.59. The Morgan fingerprint density at radius 3 is 1.85 bits per heavy atom. The smallest absolute Gasteiger partial charge is 0.0314 e. The Hall–Kier alpha value is -2.78. The van der Waals surface area contributed by atoms with Crippen molar-refractivity contribution in [3.63, 3.8) is 0 Å². The van der Waals surface area contributed by atoms with Gasteiger partial charge >= 0.3 is 0 Å². The zero-order chi connectivity index (χ0) is 21.0. The molecular formula is C29H30Cl2N2. The van der Waals surface area contributed by atoms with Gasteiger partial charge in [-0.3, -0.25) is 4.90 Å². The molecule has 4 heteroatoms. The van der Waals surface area contributed by atoms with Crippen molar-refractivity contribution in [2.24, 2.45) is 0 Å². The Morgan fingerprint density at radius 2 is 1.27 bits per heavy atom. The van der Waals surface area contributed by atoms with Crippen LogP contribution in [-0.2, 0) is 0 Å². The van der Waals surface area contributed by atoms with E-state index in [-0.39, 0.29) is 24.8 Å². The Bertz CT molecular complexity index is 1110. The first-order valence-electron chi connectivity index (χ1n) is 11.1. The van der Waals surface area contributed by atoms with E-state index in [1.54, 1.807) is 5.57 Å². The van der Waals surface area contributed by atoms with Crippen LogP contribution in [0.4, 0.5) is 5.69 Å². The van der Waals surface area contributed by atoms with E-state index in [4.69, 9.17) is 5.73 Å². The second-order valence-corrected chi connectivity index (χ2v) is 8.36. The number of halogens is 2. The van der Waals surface area contributed by atoms with Gasteiger partial charge in [-0.05, 0) is 58.4 Å². The van der Waals surface area contributed by atoms with Gasteiger partial charge in [-0.2, -0.15) is 0 Å². The predicted octanol–water partition coefficient (Wildman–Crippen LogP) is 7.21. The largest absolute Gasteiger partial charge is 0.399 e. The van der Waals surface area contributed by atoms with E-state index < -0.39 is 0 Å². The maximum atomic E-state index is 5.78. The summed E-state index contributed by atoms with van der Waals surface area (Å²) in [4.78, 5) is 2.55. The summed E-state index contributed by atoms with van der Waals surface area (Å²) >= 11 is 0. The Labute approximate surface area is 209 Å². The summed E-state index contributed by atoms with van der Waals surface area (Å²) in [7, 11) is 0. The lowest BCUT2D eigenvalue weighted by molar-refractivity contribution is 0.284. The molecular weight excluding hydrogens is 447 g/mol. The number of likely N-dealkylation sites (tertiary alicyclic amines) is 1. The van der Waals surface area contributed by atoms with E-state index in [1.807, 2.05) is 12.1 Å². The van der Waals surface area contributed by atoms with Gasteiger partial charge in [-0.25, -0.2) is 0 Å². The summed E-state index contributed by atoms with van der Waals surface area (Å²) in [6.45, 7) is 3.19. The maximum absolute atomic E-state index is 5.78. The van der Waals surface area contributed by atoms with Crippen molar-refractivity contribution in [3.05, 3.63) is 112 Å². The van der Waals surface area contributed by atoms with Crippen LogP contribution in [0.15, 0.2) is 84.4 Å². The number of hydrogen-bond acceptors (Lipinski definition) is 2. The van der Waals surface area contributed by atoms with E-state index >= 15 is 0 Å². The van der Waals surface area contributed by atoms with Gasteiger partial charge in [0, 0.05) is 25.3 Å². The maximum Gasteiger partial charge on any atom is 0.0314 e. The molecule has 0 saturated carbocycles. The molecule has 2 N–H and O–H groups in total. The van der Waals surface area contributed by atoms with Crippen LogP contribution in [0.25, 0.3) is 23.8 Å². The van der Waals surface area contributed by atoms with Crippen LogP contribution in [0.1, 0.15) is 40.7 Å². The van der Waals surface area contributed by atoms with Crippen LogP contribution < -0.4 is 5.73 Å². The molecule has 0 bridgehead atoms. The van der Waals surface area contributed by atoms with Crippen LogP contribution >= 0.6 is 24.8 Å². The van der Waals surface area contributed by atoms with E-state index in [0.29, 0.717) is 0 Å². The summed E-state index contributed by atoms with van der Waals surface area (Å²) in [6.07, 6.45) is 11.2. The molecule has 2 aliphatic rings. The molecule has 2 nitrogen and oxygen atoms in total. The van der Waals surface area contributed by atoms with Crippen LogP contribution in [0.3, 0.4) is 0 Å². The van der Waals surface area contributed by atoms with Crippen LogP contribution in [0, 0.1) is 0 Å². The number of anilines is 1. The molecule has 0 unspecified atom stereocenters. The van der Waals surface area contributed by atoms with E-state index in [2.05, 4.69) is 89.9 Å². The van der Waals surface area contributed by atoms with Gasteiger partial charge in [0.15, 0.2) is 0 Å². The zero-order valence-corrected chi connectivity index (χ0v) is 20.2. The van der Waals surface area contributed by atoms with Crippen molar-refractivity contribution >= 4 is 54.3 Å². The van der Waals surface area contributed by atoms with Gasteiger partial charge in [0.05, 0.1) is 0 Å². The fraction of sp³-hybridized carbons (Fsp3) is 0.172.